The molecule has 0 aliphatic rings. The van der Waals surface area contributed by atoms with Crippen molar-refractivity contribution in [3.8, 4) is 44.5 Å². The second-order valence-corrected chi connectivity index (χ2v) is 17.6. The van der Waals surface area contributed by atoms with Gasteiger partial charge in [-0.05, 0) is 66.1 Å². The van der Waals surface area contributed by atoms with Crippen molar-refractivity contribution in [1.29, 1.82) is 0 Å². The first kappa shape index (κ1) is 53.7. The van der Waals surface area contributed by atoms with Crippen molar-refractivity contribution in [2.24, 2.45) is 0 Å². The van der Waals surface area contributed by atoms with Gasteiger partial charge in [-0.3, -0.25) is 0 Å². The Bertz CT molecular complexity index is 3880. The molecule has 0 aliphatic carbocycles. The van der Waals surface area contributed by atoms with Crippen LogP contribution in [0.15, 0.2) is 4.42 Å². The Morgan fingerprint density at radius 3 is 0.616 bits per heavy atom. The van der Waals surface area contributed by atoms with Gasteiger partial charge in [0.25, 0.3) is 0 Å². The van der Waals surface area contributed by atoms with Crippen molar-refractivity contribution < 1.29 is 4.42 Å². The maximum absolute atomic E-state index is 7.43. The molecule has 0 atom stereocenters. The Hall–Kier alpha value is -4.10. The maximum atomic E-state index is 7.43. The van der Waals surface area contributed by atoms with Crippen molar-refractivity contribution >= 4 is 416 Å². The van der Waals surface area contributed by atoms with Crippen molar-refractivity contribution in [2.75, 3.05) is 0 Å². The summed E-state index contributed by atoms with van der Waals surface area (Å²) in [6.07, 6.45) is 0. The summed E-state index contributed by atoms with van der Waals surface area (Å²) in [5.41, 5.74) is -7.04. The number of hydrogen-bond acceptors (Lipinski definition) is 1. The Morgan fingerprint density at radius 1 is 0.123 bits per heavy atom. The smallest absolute Gasteiger partial charge is 0.128 e. The summed E-state index contributed by atoms with van der Waals surface area (Å²) < 4.78 is 6.34. The minimum atomic E-state index is -0.317. The fourth-order valence-electron chi connectivity index (χ4n) is 9.95. The van der Waals surface area contributed by atoms with E-state index in [4.69, 9.17) is 224 Å². The molecular formula is C44B28O. The first-order chi connectivity index (χ1) is 34.0. The minimum absolute atomic E-state index is 0.0239. The molecule has 0 amide bonds. The lowest BCUT2D eigenvalue weighted by Crippen LogP contribution is -2.57. The molecule has 1 aromatic heterocycles. The lowest BCUT2D eigenvalue weighted by molar-refractivity contribution is 0.675. The van der Waals surface area contributed by atoms with E-state index in [1.807, 2.05) is 0 Å². The Kier molecular flexibility index (Phi) is 13.5. The Morgan fingerprint density at radius 2 is 0.301 bits per heavy atom. The molecule has 56 radical (unpaired) electrons. The molecule has 0 fully saturated rings. The molecule has 9 rings (SSSR count). The Balaban J connectivity index is 1.70. The van der Waals surface area contributed by atoms with Gasteiger partial charge in [-0.1, -0.05) is 81.9 Å². The van der Waals surface area contributed by atoms with Crippen LogP contribution in [0.2, 0.25) is 0 Å². The Labute approximate surface area is 461 Å². The fraction of sp³-hybridized carbons (Fsp3) is 0. The van der Waals surface area contributed by atoms with Gasteiger partial charge in [0, 0.05) is 10.8 Å². The summed E-state index contributed by atoms with van der Waals surface area (Å²) in [6, 6.07) is 0. The normalized spacial score (nSPS) is 11.7. The number of hydrogen-bond donors (Lipinski definition) is 0. The summed E-state index contributed by atoms with van der Waals surface area (Å²) in [7, 11) is 190. The van der Waals surface area contributed by atoms with Crippen LogP contribution < -0.4 is 153 Å². The zero-order valence-corrected chi connectivity index (χ0v) is 38.6. The maximum Gasteiger partial charge on any atom is 0.128 e. The molecule has 73 heavy (non-hydrogen) atoms. The van der Waals surface area contributed by atoms with Crippen molar-refractivity contribution in [2.45, 2.75) is 0 Å². The van der Waals surface area contributed by atoms with Gasteiger partial charge in [0.05, 0.1) is 0 Å². The lowest BCUT2D eigenvalue weighted by Gasteiger charge is -2.34. The highest BCUT2D eigenvalue weighted by Crippen LogP contribution is 2.43. The first-order valence-electron chi connectivity index (χ1n) is 21.2. The van der Waals surface area contributed by atoms with Crippen LogP contribution in [0.3, 0.4) is 0 Å². The molecular weight excluding hydrogens is 847 g/mol. The summed E-state index contributed by atoms with van der Waals surface area (Å²) >= 11 is 0. The van der Waals surface area contributed by atoms with E-state index >= 15 is 0 Å². The van der Waals surface area contributed by atoms with Gasteiger partial charge in [-0.2, -0.15) is 0 Å². The highest BCUT2D eigenvalue weighted by molar-refractivity contribution is 6.77. The zero-order valence-electron chi connectivity index (χ0n) is 38.6. The second-order valence-electron chi connectivity index (χ2n) is 17.6. The standard InChI is InChI=1S/C44B28O/c45-15-9(16(46)11(13-25(55)34(64)39(69)35(65)26(13)56)17(47)10(15)12-23(53)32(62)38(68)33(63)24(12)54)2-5-3(18(48)28(58)30(60)20(5)50)1(4-6(2)21(51)31(61)29(59)19(4)49)7-8-14-27(57)36(66)40(70)42(72)44(14)73-43(8)41(71)37(67)22(7)52. The molecule has 1 nitrogen and oxygen atoms in total. The van der Waals surface area contributed by atoms with E-state index in [-0.39, 0.29) is 241 Å². The van der Waals surface area contributed by atoms with E-state index in [1.54, 1.807) is 0 Å². The van der Waals surface area contributed by atoms with Crippen LogP contribution in [0.4, 0.5) is 0 Å². The monoisotopic (exact) mass is 852 g/mol. The van der Waals surface area contributed by atoms with E-state index in [0.29, 0.717) is 0 Å². The number of fused-ring (bicyclic) bond motifs is 5. The second kappa shape index (κ2) is 18.3. The van der Waals surface area contributed by atoms with E-state index in [1.165, 1.54) is 0 Å². The minimum Gasteiger partial charge on any atom is -0.457 e. The summed E-state index contributed by atoms with van der Waals surface area (Å²) in [5.74, 6) is 0. The van der Waals surface area contributed by atoms with Crippen LogP contribution in [0.5, 0.6) is 0 Å². The predicted octanol–water partition coefficient (Wildman–Crippen LogP) is -21.2. The molecule has 1 heterocycles. The van der Waals surface area contributed by atoms with Crippen LogP contribution in [0.1, 0.15) is 0 Å². The largest absolute Gasteiger partial charge is 0.457 e. The van der Waals surface area contributed by atoms with Crippen LogP contribution >= 0.6 is 0 Å². The predicted molar refractivity (Wildman–Crippen MR) is 341 cm³/mol. The number of furan rings is 1. The van der Waals surface area contributed by atoms with Gasteiger partial charge in [-0.25, -0.2) is 0 Å². The van der Waals surface area contributed by atoms with Gasteiger partial charge in [0.15, 0.2) is 0 Å². The third-order valence-electron chi connectivity index (χ3n) is 14.0. The van der Waals surface area contributed by atoms with Gasteiger partial charge in [-0.15, -0.1) is 71.0 Å². The van der Waals surface area contributed by atoms with Gasteiger partial charge in [0.2, 0.25) is 0 Å². The molecule has 0 saturated carbocycles. The van der Waals surface area contributed by atoms with Crippen LogP contribution in [0.25, 0.3) is 88.0 Å². The molecule has 0 saturated heterocycles. The molecule has 0 spiro atoms. The topological polar surface area (TPSA) is 13.1 Å². The van der Waals surface area contributed by atoms with Gasteiger partial charge in [0.1, 0.15) is 231 Å². The zero-order chi connectivity index (χ0) is 54.1. The highest BCUT2D eigenvalue weighted by atomic mass is 16.3. The molecule has 8 aromatic carbocycles. The van der Waals surface area contributed by atoms with Gasteiger partial charge < -0.3 is 4.42 Å². The molecule has 266 valence electrons. The quantitative estimate of drug-likeness (QED) is 0.127. The van der Waals surface area contributed by atoms with Crippen molar-refractivity contribution in [3.05, 3.63) is 0 Å². The van der Waals surface area contributed by atoms with Crippen molar-refractivity contribution in [1.82, 2.24) is 0 Å². The summed E-state index contributed by atoms with van der Waals surface area (Å²) in [5, 5.41) is -0.174. The lowest BCUT2D eigenvalue weighted by atomic mass is 9.54. The van der Waals surface area contributed by atoms with Crippen LogP contribution in [0, 0.1) is 0 Å². The van der Waals surface area contributed by atoms with E-state index < -0.39 is 0 Å². The molecule has 0 N–H and O–H groups in total. The molecule has 0 aliphatic heterocycles. The molecule has 29 heteroatoms. The number of rotatable bonds is 4. The van der Waals surface area contributed by atoms with E-state index in [9.17, 15) is 0 Å². The SMILES string of the molecule is [B]c1c([B])c([B])c(-c2c([B])c(-c3c([B])c([B])c([B])c([B])c3[B])c([B])c(-c3c4c([B])c([B])c([B])c([B])c4c(-c4c([B])c([B])c([B])c5oc6c([B])c([B])c([B])c([B])c6c45)c4c([B])c([B])c([B])c([B])c34)c2[B])c([B])c1[B]. The third-order valence-corrected chi connectivity index (χ3v) is 14.0. The third kappa shape index (κ3) is 7.09. The average molecular weight is 847 g/mol. The van der Waals surface area contributed by atoms with Crippen LogP contribution in [-0.2, 0) is 0 Å². The first-order valence-corrected chi connectivity index (χ1v) is 21.2. The van der Waals surface area contributed by atoms with Crippen LogP contribution in [-0.4, -0.2) is 220 Å². The van der Waals surface area contributed by atoms with E-state index in [0.717, 1.165) is 0 Å². The fourth-order valence-corrected chi connectivity index (χ4v) is 9.95. The van der Waals surface area contributed by atoms with E-state index in [2.05, 4.69) is 0 Å². The molecule has 0 unspecified atom stereocenters. The van der Waals surface area contributed by atoms with Crippen molar-refractivity contribution in [3.63, 3.8) is 0 Å². The summed E-state index contributed by atoms with van der Waals surface area (Å²) in [4.78, 5) is 0. The van der Waals surface area contributed by atoms with Gasteiger partial charge >= 0.3 is 0 Å². The number of benzene rings is 8. The highest BCUT2D eigenvalue weighted by Gasteiger charge is 2.32. The molecule has 9 aromatic rings. The average Bonchev–Trinajstić information content (AvgIpc) is 3.76. The molecule has 0 bridgehead atoms. The summed E-state index contributed by atoms with van der Waals surface area (Å²) in [6.45, 7) is 0.